The highest BCUT2D eigenvalue weighted by molar-refractivity contribution is 8.00. The molecule has 1 amide bonds. The standard InChI is InChI=1S/C23H26N4O2S/c1-17(18-7-3-2-4-8-18)24-22(28)16-30-23-19-9-5-6-10-20(19)25-21(26-23)15-27-11-13-29-14-12-27/h2-10,17H,11-16H2,1H3,(H,24,28)/t17-/m0/s1. The molecule has 0 radical (unpaired) electrons. The van der Waals surface area contributed by atoms with Gasteiger partial charge < -0.3 is 10.1 Å². The summed E-state index contributed by atoms with van der Waals surface area (Å²) >= 11 is 1.47. The smallest absolute Gasteiger partial charge is 0.230 e. The zero-order valence-electron chi connectivity index (χ0n) is 17.1. The third-order valence-electron chi connectivity index (χ3n) is 5.10. The number of carbonyl (C=O) groups is 1. The van der Waals surface area contributed by atoms with E-state index in [1.165, 1.54) is 11.8 Å². The van der Waals surface area contributed by atoms with Crippen molar-refractivity contribution in [2.24, 2.45) is 0 Å². The van der Waals surface area contributed by atoms with Crippen LogP contribution < -0.4 is 5.32 Å². The first-order chi connectivity index (χ1) is 14.7. The molecule has 1 aliphatic rings. The molecule has 2 heterocycles. The van der Waals surface area contributed by atoms with E-state index >= 15 is 0 Å². The Kier molecular flexibility index (Phi) is 6.94. The van der Waals surface area contributed by atoms with Crippen LogP contribution in [0.3, 0.4) is 0 Å². The highest BCUT2D eigenvalue weighted by Gasteiger charge is 2.16. The zero-order valence-corrected chi connectivity index (χ0v) is 17.9. The number of nitrogens with one attached hydrogen (secondary N) is 1. The molecule has 0 aliphatic carbocycles. The summed E-state index contributed by atoms with van der Waals surface area (Å²) in [6, 6.07) is 17.9. The van der Waals surface area contributed by atoms with Crippen molar-refractivity contribution < 1.29 is 9.53 Å². The fraction of sp³-hybridized carbons (Fsp3) is 0.348. The van der Waals surface area contributed by atoms with Gasteiger partial charge in [-0.15, -0.1) is 0 Å². The Morgan fingerprint density at radius 3 is 2.63 bits per heavy atom. The number of nitrogens with zero attached hydrogens (tertiary/aromatic N) is 3. The number of fused-ring (bicyclic) bond motifs is 1. The van der Waals surface area contributed by atoms with Gasteiger partial charge in [0.15, 0.2) is 0 Å². The van der Waals surface area contributed by atoms with Crippen LogP contribution in [0.5, 0.6) is 0 Å². The quantitative estimate of drug-likeness (QED) is 0.465. The Labute approximate surface area is 181 Å². The molecule has 1 saturated heterocycles. The van der Waals surface area contributed by atoms with E-state index in [2.05, 4.69) is 10.2 Å². The van der Waals surface area contributed by atoms with Crippen molar-refractivity contribution in [3.8, 4) is 0 Å². The summed E-state index contributed by atoms with van der Waals surface area (Å²) in [6.45, 7) is 5.96. The SMILES string of the molecule is C[C@H](NC(=O)CSc1nc(CN2CCOCC2)nc2ccccc12)c1ccccc1. The van der Waals surface area contributed by atoms with Crippen LogP contribution in [0.2, 0.25) is 0 Å². The molecule has 156 valence electrons. The maximum atomic E-state index is 12.5. The molecule has 0 unspecified atom stereocenters. The fourth-order valence-electron chi connectivity index (χ4n) is 3.48. The van der Waals surface area contributed by atoms with E-state index in [-0.39, 0.29) is 11.9 Å². The Bertz CT molecular complexity index is 993. The van der Waals surface area contributed by atoms with Gasteiger partial charge in [-0.05, 0) is 18.6 Å². The number of amides is 1. The lowest BCUT2D eigenvalue weighted by molar-refractivity contribution is -0.119. The Morgan fingerprint density at radius 2 is 1.83 bits per heavy atom. The highest BCUT2D eigenvalue weighted by atomic mass is 32.2. The number of carbonyl (C=O) groups excluding carboxylic acids is 1. The number of thioether (sulfide) groups is 1. The van der Waals surface area contributed by atoms with E-state index in [0.29, 0.717) is 12.3 Å². The second-order valence-electron chi connectivity index (χ2n) is 7.34. The molecule has 0 bridgehead atoms. The van der Waals surface area contributed by atoms with Gasteiger partial charge in [-0.3, -0.25) is 9.69 Å². The molecule has 1 fully saturated rings. The van der Waals surface area contributed by atoms with Gasteiger partial charge >= 0.3 is 0 Å². The van der Waals surface area contributed by atoms with Crippen LogP contribution in [0.25, 0.3) is 10.9 Å². The molecule has 6 nitrogen and oxygen atoms in total. The number of para-hydroxylation sites is 1. The van der Waals surface area contributed by atoms with Crippen LogP contribution in [-0.4, -0.2) is 52.8 Å². The van der Waals surface area contributed by atoms with E-state index < -0.39 is 0 Å². The fourth-order valence-corrected chi connectivity index (χ4v) is 4.32. The zero-order chi connectivity index (χ0) is 20.8. The molecule has 0 spiro atoms. The lowest BCUT2D eigenvalue weighted by atomic mass is 10.1. The van der Waals surface area contributed by atoms with E-state index in [9.17, 15) is 4.79 Å². The lowest BCUT2D eigenvalue weighted by Crippen LogP contribution is -2.36. The van der Waals surface area contributed by atoms with Crippen molar-refractivity contribution in [1.82, 2.24) is 20.2 Å². The molecule has 2 aromatic carbocycles. The monoisotopic (exact) mass is 422 g/mol. The minimum atomic E-state index is -0.0293. The summed E-state index contributed by atoms with van der Waals surface area (Å²) in [7, 11) is 0. The van der Waals surface area contributed by atoms with Crippen molar-refractivity contribution in [2.45, 2.75) is 24.5 Å². The number of morpholine rings is 1. The average molecular weight is 423 g/mol. The molecular formula is C23H26N4O2S. The van der Waals surface area contributed by atoms with Crippen LogP contribution in [0, 0.1) is 0 Å². The normalized spacial score (nSPS) is 15.8. The summed E-state index contributed by atoms with van der Waals surface area (Å²) in [4.78, 5) is 24.4. The van der Waals surface area contributed by atoms with Gasteiger partial charge in [-0.2, -0.15) is 0 Å². The molecular weight excluding hydrogens is 396 g/mol. The number of hydrogen-bond acceptors (Lipinski definition) is 6. The topological polar surface area (TPSA) is 67.4 Å². The molecule has 30 heavy (non-hydrogen) atoms. The lowest BCUT2D eigenvalue weighted by Gasteiger charge is -2.25. The maximum Gasteiger partial charge on any atom is 0.230 e. The molecule has 4 rings (SSSR count). The average Bonchev–Trinajstić information content (AvgIpc) is 2.78. The number of ether oxygens (including phenoxy) is 1. The van der Waals surface area contributed by atoms with Gasteiger partial charge in [0, 0.05) is 18.5 Å². The first kappa shape index (κ1) is 20.8. The molecule has 1 N–H and O–H groups in total. The van der Waals surface area contributed by atoms with E-state index in [0.717, 1.165) is 53.6 Å². The molecule has 7 heteroatoms. The Morgan fingerprint density at radius 1 is 1.10 bits per heavy atom. The molecule has 1 aliphatic heterocycles. The molecule has 1 atom stereocenters. The summed E-state index contributed by atoms with van der Waals surface area (Å²) in [5.74, 6) is 1.10. The molecule has 1 aromatic heterocycles. The second kappa shape index (κ2) is 10.0. The van der Waals surface area contributed by atoms with Crippen molar-refractivity contribution in [3.63, 3.8) is 0 Å². The largest absolute Gasteiger partial charge is 0.379 e. The Hall–Kier alpha value is -2.48. The predicted octanol–water partition coefficient (Wildman–Crippen LogP) is 3.43. The molecule has 0 saturated carbocycles. The van der Waals surface area contributed by atoms with Crippen LogP contribution in [0.1, 0.15) is 24.4 Å². The predicted molar refractivity (Wildman–Crippen MR) is 119 cm³/mol. The summed E-state index contributed by atoms with van der Waals surface area (Å²) in [5.41, 5.74) is 2.01. The third kappa shape index (κ3) is 5.36. The van der Waals surface area contributed by atoms with E-state index in [1.54, 1.807) is 0 Å². The summed E-state index contributed by atoms with van der Waals surface area (Å²) in [6.07, 6.45) is 0. The van der Waals surface area contributed by atoms with Crippen molar-refractivity contribution >= 4 is 28.6 Å². The van der Waals surface area contributed by atoms with Gasteiger partial charge in [-0.1, -0.05) is 60.3 Å². The van der Waals surface area contributed by atoms with E-state index in [4.69, 9.17) is 14.7 Å². The highest BCUT2D eigenvalue weighted by Crippen LogP contribution is 2.26. The number of aromatic nitrogens is 2. The van der Waals surface area contributed by atoms with Gasteiger partial charge in [0.1, 0.15) is 10.9 Å². The van der Waals surface area contributed by atoms with Crippen molar-refractivity contribution in [2.75, 3.05) is 32.1 Å². The van der Waals surface area contributed by atoms with Crippen LogP contribution >= 0.6 is 11.8 Å². The minimum Gasteiger partial charge on any atom is -0.379 e. The van der Waals surface area contributed by atoms with Crippen LogP contribution in [-0.2, 0) is 16.1 Å². The number of rotatable bonds is 7. The first-order valence-electron chi connectivity index (χ1n) is 10.2. The molecule has 3 aromatic rings. The summed E-state index contributed by atoms with van der Waals surface area (Å²) < 4.78 is 5.43. The third-order valence-corrected chi connectivity index (χ3v) is 6.09. The van der Waals surface area contributed by atoms with Gasteiger partial charge in [0.05, 0.1) is 37.1 Å². The summed E-state index contributed by atoms with van der Waals surface area (Å²) in [5, 5.41) is 4.91. The number of benzene rings is 2. The van der Waals surface area contributed by atoms with Gasteiger partial charge in [0.25, 0.3) is 0 Å². The van der Waals surface area contributed by atoms with E-state index in [1.807, 2.05) is 61.5 Å². The van der Waals surface area contributed by atoms with Crippen molar-refractivity contribution in [3.05, 3.63) is 66.0 Å². The van der Waals surface area contributed by atoms with Crippen molar-refractivity contribution in [1.29, 1.82) is 0 Å². The number of hydrogen-bond donors (Lipinski definition) is 1. The van der Waals surface area contributed by atoms with Crippen LogP contribution in [0.15, 0.2) is 59.6 Å². The second-order valence-corrected chi connectivity index (χ2v) is 8.30. The minimum absolute atomic E-state index is 0.00576. The van der Waals surface area contributed by atoms with Crippen LogP contribution in [0.4, 0.5) is 0 Å². The maximum absolute atomic E-state index is 12.5. The first-order valence-corrected chi connectivity index (χ1v) is 11.2. The van der Waals surface area contributed by atoms with Gasteiger partial charge in [0.2, 0.25) is 5.91 Å². The van der Waals surface area contributed by atoms with Gasteiger partial charge in [-0.25, -0.2) is 9.97 Å². The Balaban J connectivity index is 1.45.